The summed E-state index contributed by atoms with van der Waals surface area (Å²) >= 11 is 0. The van der Waals surface area contributed by atoms with Gasteiger partial charge in [-0.05, 0) is 26.6 Å². The lowest BCUT2D eigenvalue weighted by atomic mass is 10.0. The smallest absolute Gasteiger partial charge is 0.119 e. The van der Waals surface area contributed by atoms with Crippen LogP contribution in [0.25, 0.3) is 0 Å². The molecule has 80 valence electrons. The summed E-state index contributed by atoms with van der Waals surface area (Å²) in [6.07, 6.45) is 0.654. The van der Waals surface area contributed by atoms with Crippen molar-refractivity contribution in [2.45, 2.75) is 19.1 Å². The van der Waals surface area contributed by atoms with Gasteiger partial charge in [-0.25, -0.2) is 0 Å². The lowest BCUT2D eigenvalue weighted by Crippen LogP contribution is -2.42. The largest absolute Gasteiger partial charge is 0.376 e. The van der Waals surface area contributed by atoms with E-state index in [0.717, 1.165) is 5.56 Å². The van der Waals surface area contributed by atoms with Crippen molar-refractivity contribution in [1.29, 1.82) is 0 Å². The second-order valence-electron chi connectivity index (χ2n) is 3.77. The molecule has 1 aromatic rings. The second-order valence-corrected chi connectivity index (χ2v) is 3.77. The Morgan fingerprint density at radius 3 is 2.14 bits per heavy atom. The number of halogens is 1. The third-order valence-electron chi connectivity index (χ3n) is 2.35. The Morgan fingerprint density at radius 2 is 1.71 bits per heavy atom. The SMILES string of the molecule is CN(C)C(C)(O)Cc1ccccc1.Cl. The van der Waals surface area contributed by atoms with Gasteiger partial charge >= 0.3 is 0 Å². The van der Waals surface area contributed by atoms with E-state index in [4.69, 9.17) is 0 Å². The van der Waals surface area contributed by atoms with Gasteiger partial charge in [0.25, 0.3) is 0 Å². The summed E-state index contributed by atoms with van der Waals surface area (Å²) in [6.45, 7) is 1.82. The fourth-order valence-corrected chi connectivity index (χ4v) is 1.14. The van der Waals surface area contributed by atoms with E-state index in [2.05, 4.69) is 0 Å². The Bertz CT molecular complexity index is 259. The molecular weight excluding hydrogens is 198 g/mol. The maximum absolute atomic E-state index is 9.97. The third kappa shape index (κ3) is 3.66. The fourth-order valence-electron chi connectivity index (χ4n) is 1.14. The molecule has 3 heteroatoms. The lowest BCUT2D eigenvalue weighted by molar-refractivity contribution is -0.0646. The van der Waals surface area contributed by atoms with Crippen molar-refractivity contribution in [2.75, 3.05) is 14.1 Å². The molecule has 0 bridgehead atoms. The van der Waals surface area contributed by atoms with Crippen LogP contribution in [-0.2, 0) is 6.42 Å². The topological polar surface area (TPSA) is 23.5 Å². The molecule has 0 aliphatic carbocycles. The van der Waals surface area contributed by atoms with Crippen molar-refractivity contribution >= 4 is 12.4 Å². The van der Waals surface area contributed by atoms with E-state index >= 15 is 0 Å². The molecule has 0 amide bonds. The van der Waals surface area contributed by atoms with Crippen molar-refractivity contribution in [3.63, 3.8) is 0 Å². The maximum atomic E-state index is 9.97. The Labute approximate surface area is 92.0 Å². The summed E-state index contributed by atoms with van der Waals surface area (Å²) in [7, 11) is 3.76. The number of rotatable bonds is 3. The van der Waals surface area contributed by atoms with E-state index in [1.807, 2.05) is 56.3 Å². The second kappa shape index (κ2) is 5.35. The van der Waals surface area contributed by atoms with Gasteiger partial charge in [-0.2, -0.15) is 0 Å². The van der Waals surface area contributed by atoms with Crippen molar-refractivity contribution in [2.24, 2.45) is 0 Å². The molecule has 0 fully saturated rings. The van der Waals surface area contributed by atoms with Crippen molar-refractivity contribution in [3.8, 4) is 0 Å². The quantitative estimate of drug-likeness (QED) is 0.779. The highest BCUT2D eigenvalue weighted by molar-refractivity contribution is 5.85. The monoisotopic (exact) mass is 215 g/mol. The number of likely N-dealkylation sites (N-methyl/N-ethyl adjacent to an activating group) is 1. The summed E-state index contributed by atoms with van der Waals surface area (Å²) in [4.78, 5) is 1.82. The Morgan fingerprint density at radius 1 is 1.21 bits per heavy atom. The van der Waals surface area contributed by atoms with E-state index in [-0.39, 0.29) is 12.4 Å². The van der Waals surface area contributed by atoms with Gasteiger partial charge in [0, 0.05) is 6.42 Å². The Kier molecular flexibility index (Phi) is 5.13. The van der Waals surface area contributed by atoms with E-state index in [1.165, 1.54) is 0 Å². The Balaban J connectivity index is 0.00000169. The van der Waals surface area contributed by atoms with Crippen LogP contribution in [0.3, 0.4) is 0 Å². The van der Waals surface area contributed by atoms with Gasteiger partial charge in [0.1, 0.15) is 5.72 Å². The third-order valence-corrected chi connectivity index (χ3v) is 2.35. The number of aliphatic hydroxyl groups is 1. The van der Waals surface area contributed by atoms with Crippen LogP contribution in [0, 0.1) is 0 Å². The number of nitrogens with zero attached hydrogens (tertiary/aromatic N) is 1. The average Bonchev–Trinajstić information content (AvgIpc) is 2.05. The van der Waals surface area contributed by atoms with Crippen LogP contribution in [0.1, 0.15) is 12.5 Å². The zero-order valence-electron chi connectivity index (χ0n) is 8.90. The molecule has 0 saturated heterocycles. The molecule has 1 atom stereocenters. The first-order valence-electron chi connectivity index (χ1n) is 4.46. The van der Waals surface area contributed by atoms with Gasteiger partial charge in [-0.15, -0.1) is 12.4 Å². The first kappa shape index (κ1) is 13.4. The minimum Gasteiger partial charge on any atom is -0.376 e. The van der Waals surface area contributed by atoms with Crippen LogP contribution < -0.4 is 0 Å². The van der Waals surface area contributed by atoms with Gasteiger partial charge in [-0.3, -0.25) is 4.90 Å². The highest BCUT2D eigenvalue weighted by Crippen LogP contribution is 2.14. The molecule has 0 saturated carbocycles. The van der Waals surface area contributed by atoms with Crippen LogP contribution in [-0.4, -0.2) is 29.8 Å². The standard InChI is InChI=1S/C11H17NO.ClH/c1-11(13,12(2)3)9-10-7-5-4-6-8-10;/h4-8,13H,9H2,1-3H3;1H. The summed E-state index contributed by atoms with van der Waals surface area (Å²) in [5.41, 5.74) is 0.391. The maximum Gasteiger partial charge on any atom is 0.119 e. The first-order chi connectivity index (χ1) is 6.02. The zero-order valence-corrected chi connectivity index (χ0v) is 9.71. The lowest BCUT2D eigenvalue weighted by Gasteiger charge is -2.30. The molecule has 1 aromatic carbocycles. The molecule has 1 rings (SSSR count). The summed E-state index contributed by atoms with van der Waals surface area (Å²) < 4.78 is 0. The highest BCUT2D eigenvalue weighted by Gasteiger charge is 2.22. The van der Waals surface area contributed by atoms with Crippen LogP contribution >= 0.6 is 12.4 Å². The molecule has 0 spiro atoms. The van der Waals surface area contributed by atoms with E-state index in [1.54, 1.807) is 0 Å². The van der Waals surface area contributed by atoms with Gasteiger partial charge in [-0.1, -0.05) is 30.3 Å². The first-order valence-corrected chi connectivity index (χ1v) is 4.46. The number of hydrogen-bond acceptors (Lipinski definition) is 2. The molecule has 0 aliphatic rings. The molecule has 2 nitrogen and oxygen atoms in total. The molecule has 1 unspecified atom stereocenters. The van der Waals surface area contributed by atoms with Crippen molar-refractivity contribution in [3.05, 3.63) is 35.9 Å². The minimum absolute atomic E-state index is 0. The van der Waals surface area contributed by atoms with Gasteiger partial charge < -0.3 is 5.11 Å². The predicted octanol–water partition coefficient (Wildman–Crippen LogP) is 1.92. The van der Waals surface area contributed by atoms with Gasteiger partial charge in [0.05, 0.1) is 0 Å². The van der Waals surface area contributed by atoms with E-state index in [0.29, 0.717) is 6.42 Å². The molecule has 0 heterocycles. The summed E-state index contributed by atoms with van der Waals surface area (Å²) in [6, 6.07) is 10.0. The highest BCUT2D eigenvalue weighted by atomic mass is 35.5. The molecule has 14 heavy (non-hydrogen) atoms. The van der Waals surface area contributed by atoms with E-state index in [9.17, 15) is 5.11 Å². The van der Waals surface area contributed by atoms with Crippen molar-refractivity contribution in [1.82, 2.24) is 4.90 Å². The molecule has 0 aliphatic heterocycles. The van der Waals surface area contributed by atoms with Crippen LogP contribution in [0.4, 0.5) is 0 Å². The average molecular weight is 216 g/mol. The summed E-state index contributed by atoms with van der Waals surface area (Å²) in [5, 5.41) is 9.97. The molecular formula is C11H18ClNO. The Hall–Kier alpha value is -0.570. The molecule has 0 radical (unpaired) electrons. The van der Waals surface area contributed by atoms with Crippen LogP contribution in [0.5, 0.6) is 0 Å². The predicted molar refractivity (Wildman–Crippen MR) is 61.7 cm³/mol. The zero-order chi connectivity index (χ0) is 9.90. The van der Waals surface area contributed by atoms with Gasteiger partial charge in [0.2, 0.25) is 0 Å². The minimum atomic E-state index is -0.763. The van der Waals surface area contributed by atoms with E-state index < -0.39 is 5.72 Å². The summed E-state index contributed by atoms with van der Waals surface area (Å²) in [5.74, 6) is 0. The number of benzene rings is 1. The normalized spacial score (nSPS) is 14.6. The molecule has 0 aromatic heterocycles. The van der Waals surface area contributed by atoms with Gasteiger partial charge in [0.15, 0.2) is 0 Å². The van der Waals surface area contributed by atoms with Crippen LogP contribution in [0.2, 0.25) is 0 Å². The number of hydrogen-bond donors (Lipinski definition) is 1. The fraction of sp³-hybridized carbons (Fsp3) is 0.455. The van der Waals surface area contributed by atoms with Crippen LogP contribution in [0.15, 0.2) is 30.3 Å². The van der Waals surface area contributed by atoms with Crippen molar-refractivity contribution < 1.29 is 5.11 Å². The molecule has 1 N–H and O–H groups in total.